The van der Waals surface area contributed by atoms with Crippen molar-refractivity contribution in [3.05, 3.63) is 30.0 Å². The van der Waals surface area contributed by atoms with Crippen LogP contribution in [0.1, 0.15) is 12.0 Å². The third-order valence-corrected chi connectivity index (χ3v) is 3.81. The molecule has 0 spiro atoms. The number of hydrogen-bond acceptors (Lipinski definition) is 5. The van der Waals surface area contributed by atoms with Crippen molar-refractivity contribution in [2.45, 2.75) is 12.8 Å². The fourth-order valence-electron chi connectivity index (χ4n) is 2.41. The molecule has 0 saturated heterocycles. The molecule has 2 aromatic rings. The van der Waals surface area contributed by atoms with Crippen LogP contribution in [0, 0.1) is 0 Å². The van der Waals surface area contributed by atoms with Gasteiger partial charge in [-0.3, -0.25) is 4.79 Å². The second-order valence-corrected chi connectivity index (χ2v) is 6.28. The van der Waals surface area contributed by atoms with Crippen molar-refractivity contribution in [3.63, 3.8) is 0 Å². The molecule has 1 N–H and O–H groups in total. The number of benzene rings is 1. The third kappa shape index (κ3) is 5.22. The minimum absolute atomic E-state index is 0.00749. The third-order valence-electron chi connectivity index (χ3n) is 3.81. The summed E-state index contributed by atoms with van der Waals surface area (Å²) in [5, 5.41) is 0.880. The zero-order chi connectivity index (χ0) is 18.4. The van der Waals surface area contributed by atoms with Crippen LogP contribution < -0.4 is 4.74 Å². The predicted octanol–water partition coefficient (Wildman–Crippen LogP) is 2.27. The van der Waals surface area contributed by atoms with Gasteiger partial charge in [0.15, 0.2) is 0 Å². The zero-order valence-electron chi connectivity index (χ0n) is 15.2. The van der Waals surface area contributed by atoms with E-state index in [0.717, 1.165) is 29.4 Å². The van der Waals surface area contributed by atoms with E-state index in [0.29, 0.717) is 5.75 Å². The number of carbonyl (C=O) groups is 2. The molecule has 0 aliphatic heterocycles. The smallest absolute Gasteiger partial charge is 0.433 e. The van der Waals surface area contributed by atoms with Crippen LogP contribution in [-0.2, 0) is 16.0 Å². The molecular formula is C18H25N3O4. The molecule has 1 aromatic heterocycles. The molecular weight excluding hydrogens is 322 g/mol. The van der Waals surface area contributed by atoms with Crippen molar-refractivity contribution in [3.8, 4) is 5.75 Å². The summed E-state index contributed by atoms with van der Waals surface area (Å²) in [6, 6.07) is 5.48. The summed E-state index contributed by atoms with van der Waals surface area (Å²) in [6.45, 7) is 0.880. The Kier molecular flexibility index (Phi) is 6.41. The van der Waals surface area contributed by atoms with Crippen molar-refractivity contribution in [1.82, 2.24) is 14.8 Å². The lowest BCUT2D eigenvalue weighted by Gasteiger charge is -2.11. The second-order valence-electron chi connectivity index (χ2n) is 6.28. The topological polar surface area (TPSA) is 74.9 Å². The standard InChI is InChI=1S/C18H25N3O4/c1-20(2)10-8-13-12-19-14-6-5-7-15(17(13)14)25-18(23)24-11-9-16(22)21(3)4/h5-7,12,19H,8-11H2,1-4H3. The van der Waals surface area contributed by atoms with Crippen molar-refractivity contribution in [1.29, 1.82) is 0 Å². The molecule has 1 heterocycles. The number of likely N-dealkylation sites (N-methyl/N-ethyl adjacent to an activating group) is 1. The zero-order valence-corrected chi connectivity index (χ0v) is 15.2. The van der Waals surface area contributed by atoms with E-state index in [1.54, 1.807) is 20.2 Å². The van der Waals surface area contributed by atoms with Gasteiger partial charge in [0.05, 0.1) is 6.42 Å². The molecule has 7 nitrogen and oxygen atoms in total. The average Bonchev–Trinajstić information content (AvgIpc) is 2.97. The van der Waals surface area contributed by atoms with Gasteiger partial charge < -0.3 is 24.3 Å². The summed E-state index contributed by atoms with van der Waals surface area (Å²) in [5.74, 6) is 0.350. The number of amides is 1. The van der Waals surface area contributed by atoms with Gasteiger partial charge in [0, 0.05) is 37.7 Å². The van der Waals surface area contributed by atoms with Crippen LogP contribution in [0.4, 0.5) is 4.79 Å². The highest BCUT2D eigenvalue weighted by Crippen LogP contribution is 2.29. The van der Waals surface area contributed by atoms with Crippen LogP contribution >= 0.6 is 0 Å². The first-order valence-corrected chi connectivity index (χ1v) is 8.17. The Morgan fingerprint density at radius 2 is 1.92 bits per heavy atom. The summed E-state index contributed by atoms with van der Waals surface area (Å²) in [7, 11) is 7.34. The molecule has 0 bridgehead atoms. The van der Waals surface area contributed by atoms with Crippen molar-refractivity contribution in [2.75, 3.05) is 41.3 Å². The summed E-state index contributed by atoms with van der Waals surface area (Å²) in [6.07, 6.45) is 2.09. The lowest BCUT2D eigenvalue weighted by molar-refractivity contribution is -0.129. The highest BCUT2D eigenvalue weighted by Gasteiger charge is 2.14. The van der Waals surface area contributed by atoms with Gasteiger partial charge >= 0.3 is 6.16 Å². The minimum atomic E-state index is -0.807. The number of nitrogens with one attached hydrogen (secondary N) is 1. The number of rotatable bonds is 7. The van der Waals surface area contributed by atoms with Gasteiger partial charge in [-0.25, -0.2) is 4.79 Å². The highest BCUT2D eigenvalue weighted by atomic mass is 16.7. The van der Waals surface area contributed by atoms with Crippen molar-refractivity contribution in [2.24, 2.45) is 0 Å². The van der Waals surface area contributed by atoms with Gasteiger partial charge in [0.2, 0.25) is 5.91 Å². The second kappa shape index (κ2) is 8.53. The summed E-state index contributed by atoms with van der Waals surface area (Å²) in [4.78, 5) is 30.1. The van der Waals surface area contributed by atoms with E-state index >= 15 is 0 Å². The van der Waals surface area contributed by atoms with Gasteiger partial charge in [0.25, 0.3) is 0 Å². The fourth-order valence-corrected chi connectivity index (χ4v) is 2.41. The molecule has 1 aromatic carbocycles. The van der Waals surface area contributed by atoms with Crippen molar-refractivity contribution < 1.29 is 19.1 Å². The van der Waals surface area contributed by atoms with E-state index in [-0.39, 0.29) is 18.9 Å². The van der Waals surface area contributed by atoms with Crippen LogP contribution in [0.25, 0.3) is 10.9 Å². The van der Waals surface area contributed by atoms with Gasteiger partial charge in [-0.15, -0.1) is 0 Å². The molecule has 2 rings (SSSR count). The number of nitrogens with zero attached hydrogens (tertiary/aromatic N) is 2. The minimum Gasteiger partial charge on any atom is -0.433 e. The predicted molar refractivity (Wildman–Crippen MR) is 95.8 cm³/mol. The van der Waals surface area contributed by atoms with E-state index in [9.17, 15) is 9.59 Å². The lowest BCUT2D eigenvalue weighted by atomic mass is 10.1. The van der Waals surface area contributed by atoms with E-state index in [4.69, 9.17) is 9.47 Å². The molecule has 0 radical (unpaired) electrons. The Hall–Kier alpha value is -2.54. The number of aromatic nitrogens is 1. The van der Waals surface area contributed by atoms with Crippen LogP contribution in [0.5, 0.6) is 5.75 Å². The maximum Gasteiger partial charge on any atom is 0.513 e. The molecule has 0 fully saturated rings. The SMILES string of the molecule is CN(C)CCc1c[nH]c2cccc(OC(=O)OCCC(=O)N(C)C)c12. The largest absolute Gasteiger partial charge is 0.513 e. The Morgan fingerprint density at radius 3 is 2.60 bits per heavy atom. The molecule has 0 saturated carbocycles. The van der Waals surface area contributed by atoms with Crippen LogP contribution in [0.15, 0.2) is 24.4 Å². The van der Waals surface area contributed by atoms with Crippen LogP contribution in [-0.4, -0.2) is 68.2 Å². The molecule has 0 aliphatic rings. The quantitative estimate of drug-likeness (QED) is 0.614. The van der Waals surface area contributed by atoms with Gasteiger partial charge in [-0.1, -0.05) is 6.07 Å². The maximum atomic E-state index is 11.9. The summed E-state index contributed by atoms with van der Waals surface area (Å²) >= 11 is 0. The lowest BCUT2D eigenvalue weighted by Crippen LogP contribution is -2.24. The maximum absolute atomic E-state index is 11.9. The number of hydrogen-bond donors (Lipinski definition) is 1. The van der Waals surface area contributed by atoms with Gasteiger partial charge in [0.1, 0.15) is 12.4 Å². The molecule has 136 valence electrons. The van der Waals surface area contributed by atoms with E-state index in [1.165, 1.54) is 4.90 Å². The summed E-state index contributed by atoms with van der Waals surface area (Å²) in [5.41, 5.74) is 1.98. The summed E-state index contributed by atoms with van der Waals surface area (Å²) < 4.78 is 10.4. The Balaban J connectivity index is 2.03. The first-order valence-electron chi connectivity index (χ1n) is 8.17. The number of aromatic amines is 1. The first kappa shape index (κ1) is 18.8. The molecule has 25 heavy (non-hydrogen) atoms. The molecule has 0 atom stereocenters. The Labute approximate surface area is 147 Å². The van der Waals surface area contributed by atoms with E-state index in [1.807, 2.05) is 32.4 Å². The monoisotopic (exact) mass is 347 g/mol. The molecule has 0 unspecified atom stereocenters. The van der Waals surface area contributed by atoms with Crippen LogP contribution in [0.3, 0.4) is 0 Å². The number of ether oxygens (including phenoxy) is 2. The number of carbonyl (C=O) groups excluding carboxylic acids is 2. The average molecular weight is 347 g/mol. The molecule has 1 amide bonds. The van der Waals surface area contributed by atoms with E-state index in [2.05, 4.69) is 9.88 Å². The van der Waals surface area contributed by atoms with Crippen LogP contribution in [0.2, 0.25) is 0 Å². The molecule has 7 heteroatoms. The van der Waals surface area contributed by atoms with Gasteiger partial charge in [-0.2, -0.15) is 0 Å². The normalized spacial score (nSPS) is 10.9. The molecule has 0 aliphatic carbocycles. The van der Waals surface area contributed by atoms with Crippen molar-refractivity contribution >= 4 is 23.0 Å². The number of H-pyrrole nitrogens is 1. The Bertz CT molecular complexity index is 737. The fraction of sp³-hybridized carbons (Fsp3) is 0.444. The number of fused-ring (bicyclic) bond motifs is 1. The first-order chi connectivity index (χ1) is 11.9. The Morgan fingerprint density at radius 1 is 1.16 bits per heavy atom. The van der Waals surface area contributed by atoms with E-state index < -0.39 is 6.16 Å². The highest BCUT2D eigenvalue weighted by molar-refractivity contribution is 5.90. The van der Waals surface area contributed by atoms with Gasteiger partial charge in [-0.05, 0) is 38.2 Å².